The average molecular weight is 971 g/mol. The molecule has 0 saturated carbocycles. The summed E-state index contributed by atoms with van der Waals surface area (Å²) in [7, 11) is -21.3. The second-order valence-electron chi connectivity index (χ2n) is 15.3. The molecule has 2 aromatic heterocycles. The predicted octanol–water partition coefficient (Wildman–Crippen LogP) is 15.9. The minimum atomic E-state index is -10.7. The van der Waals surface area contributed by atoms with E-state index in [2.05, 4.69) is 129 Å². The summed E-state index contributed by atoms with van der Waals surface area (Å²) in [5.74, 6) is -0.113. The summed E-state index contributed by atoms with van der Waals surface area (Å²) < 4.78 is 123. The molecule has 0 unspecified atom stereocenters. The molecule has 0 aliphatic heterocycles. The Hall–Kier alpha value is -6.38. The van der Waals surface area contributed by atoms with E-state index in [1.165, 1.54) is 54.2 Å². The van der Waals surface area contributed by atoms with Crippen molar-refractivity contribution in [1.29, 1.82) is 0 Å². The summed E-state index contributed by atoms with van der Waals surface area (Å²) in [5, 5.41) is 15.9. The zero-order valence-electron chi connectivity index (χ0n) is 34.4. The van der Waals surface area contributed by atoms with Crippen LogP contribution in [0.15, 0.2) is 158 Å². The van der Waals surface area contributed by atoms with Crippen molar-refractivity contribution in [2.24, 2.45) is 0 Å². The molecule has 0 aliphatic rings. The van der Waals surface area contributed by atoms with Crippen LogP contribution in [0.4, 0.5) is 61.7 Å². The number of benzene rings is 6. The molecule has 2 N–H and O–H groups in total. The van der Waals surface area contributed by atoms with E-state index in [1.54, 1.807) is 0 Å². The Kier molecular flexibility index (Phi) is 13.0. The first-order valence-electron chi connectivity index (χ1n) is 20.0. The molecule has 2 heterocycles. The molecular formula is C46H40F12N4O2P2. The summed E-state index contributed by atoms with van der Waals surface area (Å²) >= 11 is 0. The minimum absolute atomic E-state index is 0.0566. The summed E-state index contributed by atoms with van der Waals surface area (Å²) in [6.45, 7) is 1.37. The molecule has 6 nitrogen and oxygen atoms in total. The molecule has 6 aromatic carbocycles. The Morgan fingerprint density at radius 3 is 0.970 bits per heavy atom. The summed E-state index contributed by atoms with van der Waals surface area (Å²) in [4.78, 5) is 25.8. The number of nitrogens with zero attached hydrogens (tertiary/aromatic N) is 2. The van der Waals surface area contributed by atoms with Crippen LogP contribution < -0.4 is 19.8 Å². The fourth-order valence-electron chi connectivity index (χ4n) is 7.33. The third-order valence-electron chi connectivity index (χ3n) is 9.79. The molecule has 0 fully saturated rings. The van der Waals surface area contributed by atoms with Gasteiger partial charge in [0.25, 0.3) is 0 Å². The summed E-state index contributed by atoms with van der Waals surface area (Å²) in [6, 6.07) is 46.2. The van der Waals surface area contributed by atoms with Crippen molar-refractivity contribution in [3.05, 3.63) is 169 Å². The van der Waals surface area contributed by atoms with Gasteiger partial charge >= 0.3 is 66.0 Å². The van der Waals surface area contributed by atoms with E-state index in [0.29, 0.717) is 38.8 Å². The van der Waals surface area contributed by atoms with Gasteiger partial charge < -0.3 is 10.6 Å². The quantitative estimate of drug-likeness (QED) is 0.0446. The third kappa shape index (κ3) is 16.9. The number of fused-ring (bicyclic) bond motifs is 4. The topological polar surface area (TPSA) is 66.0 Å². The van der Waals surface area contributed by atoms with Crippen molar-refractivity contribution in [2.75, 3.05) is 10.6 Å². The SMILES string of the molecule is F[P-](F)(F)(F)(F)F.F[P-](F)(F)(F)(F)F.O=C(CCCCC(=O)Nc1ccc[n+](Cc2c3ccccc3cc3ccccc23)c1)Nc1ccc[n+](Cc2c3ccccc3cc3ccccc23)c1. The van der Waals surface area contributed by atoms with Gasteiger partial charge in [-0.25, -0.2) is 0 Å². The van der Waals surface area contributed by atoms with Gasteiger partial charge in [0.05, 0.1) is 0 Å². The van der Waals surface area contributed by atoms with E-state index < -0.39 is 15.6 Å². The third-order valence-corrected chi connectivity index (χ3v) is 9.79. The second kappa shape index (κ2) is 17.4. The van der Waals surface area contributed by atoms with E-state index in [4.69, 9.17) is 0 Å². The van der Waals surface area contributed by atoms with Crippen molar-refractivity contribution in [3.8, 4) is 0 Å². The first kappa shape index (κ1) is 49.1. The van der Waals surface area contributed by atoms with E-state index in [9.17, 15) is 60.0 Å². The van der Waals surface area contributed by atoms with E-state index in [-0.39, 0.29) is 11.8 Å². The molecule has 2 amide bonds. The van der Waals surface area contributed by atoms with Crippen molar-refractivity contribution in [3.63, 3.8) is 0 Å². The molecule has 0 radical (unpaired) electrons. The average Bonchev–Trinajstić information content (AvgIpc) is 3.20. The number of amides is 2. The van der Waals surface area contributed by atoms with Gasteiger partial charge in [-0.3, -0.25) is 9.59 Å². The zero-order chi connectivity index (χ0) is 48.1. The Bertz CT molecular complexity index is 2760. The van der Waals surface area contributed by atoms with Crippen LogP contribution >= 0.6 is 15.6 Å². The molecular weight excluding hydrogens is 930 g/mol. The second-order valence-corrected chi connectivity index (χ2v) is 19.2. The number of hydrogen-bond donors (Lipinski definition) is 2. The number of rotatable bonds is 11. The molecule has 66 heavy (non-hydrogen) atoms. The number of carbonyl (C=O) groups is 2. The number of halogens is 12. The largest absolute Gasteiger partial charge is 0.321 e. The van der Waals surface area contributed by atoms with Crippen LogP contribution in [0.5, 0.6) is 0 Å². The van der Waals surface area contributed by atoms with Crippen molar-refractivity contribution in [1.82, 2.24) is 0 Å². The van der Waals surface area contributed by atoms with E-state index in [1.807, 2.05) is 49.1 Å². The standard InChI is InChI=1S/C46H38N4O2.2F6P/c51-45(47-37-17-11-25-49(29-37)31-43-39-19-5-1-13-33(39)27-34-14-2-6-20-40(34)43)23-9-10-24-46(52)48-38-18-12-26-50(30-38)32-44-41-21-7-3-15-35(41)28-36-16-4-8-22-42(36)44;2*1-7(2,3,4,5)6/h1-8,11-22,25-30H,9-10,23-24,31-32H2;;/q;2*-1/p+2. The Labute approximate surface area is 369 Å². The Morgan fingerprint density at radius 1 is 0.409 bits per heavy atom. The Balaban J connectivity index is 0.000000448. The maximum absolute atomic E-state index is 12.9. The van der Waals surface area contributed by atoms with Crippen LogP contribution in [0.1, 0.15) is 36.8 Å². The molecule has 8 aromatic rings. The van der Waals surface area contributed by atoms with Crippen LogP contribution in [0.3, 0.4) is 0 Å². The molecule has 0 bridgehead atoms. The van der Waals surface area contributed by atoms with E-state index >= 15 is 0 Å². The van der Waals surface area contributed by atoms with Gasteiger partial charge in [0.1, 0.15) is 11.4 Å². The van der Waals surface area contributed by atoms with Gasteiger partial charge in [-0.2, -0.15) is 9.13 Å². The number of carbonyl (C=O) groups excluding carboxylic acids is 2. The minimum Gasteiger partial charge on any atom is -0.321 e. The first-order chi connectivity index (χ1) is 30.5. The van der Waals surface area contributed by atoms with Gasteiger partial charge in [0.2, 0.25) is 11.8 Å². The fourth-order valence-corrected chi connectivity index (χ4v) is 7.33. The molecule has 350 valence electrons. The van der Waals surface area contributed by atoms with Gasteiger partial charge in [-0.05, 0) is 80.2 Å². The van der Waals surface area contributed by atoms with Crippen molar-refractivity contribution in [2.45, 2.75) is 38.8 Å². The van der Waals surface area contributed by atoms with Crippen LogP contribution in [0.25, 0.3) is 43.1 Å². The van der Waals surface area contributed by atoms with Crippen LogP contribution in [0.2, 0.25) is 0 Å². The fraction of sp³-hybridized carbons (Fsp3) is 0.130. The van der Waals surface area contributed by atoms with Gasteiger partial charge in [-0.15, -0.1) is 0 Å². The maximum Gasteiger partial charge on any atom is 0.224 e. The number of unbranched alkanes of at least 4 members (excludes halogenated alkanes) is 1. The smallest absolute Gasteiger partial charge is 0.224 e. The first-order valence-corrected chi connectivity index (χ1v) is 24.0. The van der Waals surface area contributed by atoms with Crippen LogP contribution in [-0.4, -0.2) is 11.8 Å². The van der Waals surface area contributed by atoms with Crippen molar-refractivity contribution >= 4 is 81.9 Å². The van der Waals surface area contributed by atoms with Gasteiger partial charge in [0, 0.05) is 36.1 Å². The number of pyridine rings is 2. The summed E-state index contributed by atoms with van der Waals surface area (Å²) in [5.41, 5.74) is 4.01. The maximum atomic E-state index is 12.9. The van der Waals surface area contributed by atoms with Crippen molar-refractivity contribution < 1.29 is 69.1 Å². The normalized spacial score (nSPS) is 13.8. The number of aromatic nitrogens is 2. The Morgan fingerprint density at radius 2 is 0.682 bits per heavy atom. The number of anilines is 2. The molecule has 0 spiro atoms. The van der Waals surface area contributed by atoms with Crippen LogP contribution in [0, 0.1) is 0 Å². The number of hydrogen-bond acceptors (Lipinski definition) is 2. The predicted molar refractivity (Wildman–Crippen MR) is 237 cm³/mol. The molecule has 20 heteroatoms. The molecule has 0 saturated heterocycles. The number of nitrogens with one attached hydrogen (secondary N) is 2. The van der Waals surface area contributed by atoms with E-state index in [0.717, 1.165) is 11.4 Å². The van der Waals surface area contributed by atoms with Crippen LogP contribution in [-0.2, 0) is 22.7 Å². The molecule has 0 aliphatic carbocycles. The zero-order valence-corrected chi connectivity index (χ0v) is 36.2. The molecule has 8 rings (SSSR count). The van der Waals surface area contributed by atoms with Gasteiger partial charge in [0.15, 0.2) is 37.9 Å². The monoisotopic (exact) mass is 970 g/mol. The van der Waals surface area contributed by atoms with Gasteiger partial charge in [-0.1, -0.05) is 97.1 Å². The summed E-state index contributed by atoms with van der Waals surface area (Å²) in [6.07, 6.45) is 9.97. The molecule has 0 atom stereocenters.